The Labute approximate surface area is 434 Å². The van der Waals surface area contributed by atoms with Crippen molar-refractivity contribution >= 4 is 115 Å². The largest absolute Gasteiger partial charge is 0.455 e. The van der Waals surface area contributed by atoms with Gasteiger partial charge in [0.1, 0.15) is 39.6 Å². The first-order valence-electron chi connectivity index (χ1n) is 25.4. The molecule has 0 amide bonds. The molecule has 0 N–H and O–H groups in total. The summed E-state index contributed by atoms with van der Waals surface area (Å²) in [5.41, 5.74) is 18.6. The van der Waals surface area contributed by atoms with Crippen LogP contribution < -0.4 is 0 Å². The van der Waals surface area contributed by atoms with Crippen LogP contribution in [0.1, 0.15) is 18.1 Å². The smallest absolute Gasteiger partial charge is 0.211 e. The van der Waals surface area contributed by atoms with Crippen LogP contribution in [-0.2, 0) is 6.42 Å². The van der Waals surface area contributed by atoms with Crippen molar-refractivity contribution in [1.29, 1.82) is 5.26 Å². The molecule has 16 aromatic rings. The Kier molecular flexibility index (Phi) is 8.81. The Morgan fingerprint density at radius 1 is 0.395 bits per heavy atom. The monoisotopic (exact) mass is 974 g/mol. The SMILES string of the molecule is [3HH].[C-]#[N+]c1cccc(-c2cccc(C#N)c2-n2c3ccccc3c3c4oc5ccccc5c4ccc32)c1-n1c2ccccc2c2c3oc4ccccc4c3ccc21.c1ccc2c(c1)Cc1ccc3c(oc4ccccc43)c1-2. The summed E-state index contributed by atoms with van der Waals surface area (Å²) >= 11 is 0. The zero-order valence-electron chi connectivity index (χ0n) is 40.5. The molecular formula is C69H40N4O3. The van der Waals surface area contributed by atoms with Gasteiger partial charge in [-0.05, 0) is 89.3 Å². The molecule has 0 fully saturated rings. The first kappa shape index (κ1) is 42.0. The van der Waals surface area contributed by atoms with Crippen LogP contribution >= 0.6 is 0 Å². The maximum absolute atomic E-state index is 10.9. The van der Waals surface area contributed by atoms with Gasteiger partial charge in [-0.2, -0.15) is 5.26 Å². The van der Waals surface area contributed by atoms with Crippen LogP contribution in [0.2, 0.25) is 0 Å². The normalized spacial score (nSPS) is 12.1. The minimum absolute atomic E-state index is 0. The predicted molar refractivity (Wildman–Crippen MR) is 310 cm³/mol. The molecule has 7 nitrogen and oxygen atoms in total. The van der Waals surface area contributed by atoms with E-state index >= 15 is 0 Å². The fraction of sp³-hybridized carbons (Fsp3) is 0.0145. The molecule has 0 radical (unpaired) electrons. The van der Waals surface area contributed by atoms with Crippen molar-refractivity contribution in [3.8, 4) is 39.7 Å². The van der Waals surface area contributed by atoms with Gasteiger partial charge in [-0.25, -0.2) is 4.85 Å². The maximum atomic E-state index is 10.9. The Balaban J connectivity index is 0.000000205. The van der Waals surface area contributed by atoms with Crippen molar-refractivity contribution in [2.75, 3.05) is 0 Å². The molecule has 7 heteroatoms. The van der Waals surface area contributed by atoms with Crippen molar-refractivity contribution < 1.29 is 14.7 Å². The van der Waals surface area contributed by atoms with Crippen molar-refractivity contribution in [2.24, 2.45) is 0 Å². The summed E-state index contributed by atoms with van der Waals surface area (Å²) in [5, 5.41) is 21.5. The molecule has 0 spiro atoms. The summed E-state index contributed by atoms with van der Waals surface area (Å²) in [7, 11) is 0. The first-order chi connectivity index (χ1) is 37.6. The molecule has 17 rings (SSSR count). The van der Waals surface area contributed by atoms with E-state index in [9.17, 15) is 5.26 Å². The van der Waals surface area contributed by atoms with Crippen LogP contribution in [0.5, 0.6) is 0 Å². The summed E-state index contributed by atoms with van der Waals surface area (Å²) in [6.45, 7) is 8.50. The Morgan fingerprint density at radius 3 is 1.45 bits per heavy atom. The van der Waals surface area contributed by atoms with Crippen LogP contribution in [-0.4, -0.2) is 9.13 Å². The number of nitrogens with zero attached hydrogens (tertiary/aromatic N) is 4. The molecule has 1 aliphatic rings. The first-order valence-corrected chi connectivity index (χ1v) is 25.4. The van der Waals surface area contributed by atoms with E-state index in [1.807, 2.05) is 97.1 Å². The number of fused-ring (bicyclic) bond motifs is 21. The summed E-state index contributed by atoms with van der Waals surface area (Å²) in [6.07, 6.45) is 1.01. The van der Waals surface area contributed by atoms with Gasteiger partial charge in [0.15, 0.2) is 0 Å². The molecule has 0 unspecified atom stereocenters. The molecule has 0 saturated carbocycles. The summed E-state index contributed by atoms with van der Waals surface area (Å²) in [5.74, 6) is 0. The van der Waals surface area contributed by atoms with Gasteiger partial charge < -0.3 is 22.4 Å². The van der Waals surface area contributed by atoms with Crippen molar-refractivity contribution in [3.05, 3.63) is 246 Å². The summed E-state index contributed by atoms with van der Waals surface area (Å²) in [4.78, 5) is 4.13. The minimum atomic E-state index is 0. The van der Waals surface area contributed by atoms with E-state index in [2.05, 4.69) is 141 Å². The zero-order chi connectivity index (χ0) is 50.2. The number of nitriles is 1. The predicted octanol–water partition coefficient (Wildman–Crippen LogP) is 19.2. The van der Waals surface area contributed by atoms with E-state index in [0.29, 0.717) is 11.3 Å². The highest BCUT2D eigenvalue weighted by molar-refractivity contribution is 6.26. The van der Waals surface area contributed by atoms with Gasteiger partial charge in [-0.15, -0.1) is 0 Å². The van der Waals surface area contributed by atoms with E-state index in [1.54, 1.807) is 0 Å². The van der Waals surface area contributed by atoms with Crippen LogP contribution in [0.4, 0.5) is 5.69 Å². The second-order valence-electron chi connectivity index (χ2n) is 19.6. The average Bonchev–Trinajstić information content (AvgIpc) is 4.40. The molecule has 0 atom stereocenters. The van der Waals surface area contributed by atoms with Gasteiger partial charge in [0.05, 0.1) is 56.3 Å². The summed E-state index contributed by atoms with van der Waals surface area (Å²) in [6, 6.07) is 77.0. The molecule has 0 aliphatic heterocycles. The Hall–Kier alpha value is -10.6. The standard InChI is InChI=1S/C50H26N4O2.C19H12O.H2/c1-52-38-19-11-18-33(48(38)54-40-21-7-3-16-37(40)46-42(54)27-25-35-31-14-5-9-23-44(31)56-50(35)46)32-17-10-12-29(28-51)47(32)53-39-20-6-2-15-36(39)45-41(53)26-24-34-30-13-4-8-22-43(30)55-49(34)45;1-2-6-14-12(5-1)11-13-9-10-16-15-7-3-4-8-17(15)20-19(16)18(13)14;/h2-27H;1-10H,11H2;1H/i;;1+2. The van der Waals surface area contributed by atoms with Gasteiger partial charge >= 0.3 is 0 Å². The van der Waals surface area contributed by atoms with E-state index in [1.165, 1.54) is 33.0 Å². The molecule has 1 aliphatic carbocycles. The number of aromatic nitrogens is 2. The van der Waals surface area contributed by atoms with E-state index in [0.717, 1.165) is 128 Å². The van der Waals surface area contributed by atoms with Crippen LogP contribution in [0, 0.1) is 17.9 Å². The molecule has 11 aromatic carbocycles. The van der Waals surface area contributed by atoms with Gasteiger partial charge in [0.2, 0.25) is 5.69 Å². The lowest BCUT2D eigenvalue weighted by Crippen LogP contribution is -2.03. The molecule has 0 bridgehead atoms. The number of furan rings is 3. The Bertz CT molecular complexity index is 5020. The third-order valence-corrected chi connectivity index (χ3v) is 15.7. The van der Waals surface area contributed by atoms with E-state index in [4.69, 9.17) is 19.8 Å². The highest BCUT2D eigenvalue weighted by Crippen LogP contribution is 2.49. The average molecular weight is 975 g/mol. The van der Waals surface area contributed by atoms with E-state index < -0.39 is 0 Å². The van der Waals surface area contributed by atoms with Crippen LogP contribution in [0.15, 0.2) is 232 Å². The Morgan fingerprint density at radius 2 is 0.855 bits per heavy atom. The van der Waals surface area contributed by atoms with Gasteiger partial charge in [-0.3, -0.25) is 0 Å². The van der Waals surface area contributed by atoms with Crippen molar-refractivity contribution in [1.82, 2.24) is 9.13 Å². The lowest BCUT2D eigenvalue weighted by Gasteiger charge is -2.20. The fourth-order valence-corrected chi connectivity index (χ4v) is 12.5. The minimum Gasteiger partial charge on any atom is -0.455 e. The molecule has 5 aromatic heterocycles. The highest BCUT2D eigenvalue weighted by atomic mass is 16.3. The number of hydrogen-bond acceptors (Lipinski definition) is 4. The molecule has 5 heterocycles. The molecule has 354 valence electrons. The molecular weight excluding hydrogens is 933 g/mol. The number of hydrogen-bond donors (Lipinski definition) is 0. The molecule has 76 heavy (non-hydrogen) atoms. The maximum Gasteiger partial charge on any atom is 0.211 e. The number of para-hydroxylation sites is 7. The number of rotatable bonds is 3. The van der Waals surface area contributed by atoms with Gasteiger partial charge in [-0.1, -0.05) is 158 Å². The lowest BCUT2D eigenvalue weighted by atomic mass is 9.97. The highest BCUT2D eigenvalue weighted by Gasteiger charge is 2.27. The topological polar surface area (TPSA) is 77.4 Å². The van der Waals surface area contributed by atoms with Crippen molar-refractivity contribution in [2.45, 2.75) is 6.42 Å². The second kappa shape index (κ2) is 15.9. The quantitative estimate of drug-likeness (QED) is 0.165. The third kappa shape index (κ3) is 5.79. The fourth-order valence-electron chi connectivity index (χ4n) is 12.5. The molecule has 0 saturated heterocycles. The van der Waals surface area contributed by atoms with Gasteiger partial charge in [0, 0.05) is 55.6 Å². The lowest BCUT2D eigenvalue weighted by molar-refractivity contribution is 0.670. The third-order valence-electron chi connectivity index (χ3n) is 15.7. The summed E-state index contributed by atoms with van der Waals surface area (Å²) < 4.78 is 23.8. The van der Waals surface area contributed by atoms with E-state index in [-0.39, 0.29) is 1.43 Å². The zero-order valence-corrected chi connectivity index (χ0v) is 40.5. The van der Waals surface area contributed by atoms with Crippen LogP contribution in [0.3, 0.4) is 0 Å². The van der Waals surface area contributed by atoms with Gasteiger partial charge in [0.25, 0.3) is 0 Å². The van der Waals surface area contributed by atoms with Crippen LogP contribution in [0.25, 0.3) is 148 Å². The number of benzene rings is 11. The van der Waals surface area contributed by atoms with Crippen molar-refractivity contribution in [3.63, 3.8) is 0 Å². The second-order valence-corrected chi connectivity index (χ2v) is 19.6.